The maximum absolute atomic E-state index is 12.1. The molecule has 2 amide bonds. The van der Waals surface area contributed by atoms with Crippen LogP contribution in [0.5, 0.6) is 0 Å². The van der Waals surface area contributed by atoms with E-state index in [1.165, 1.54) is 5.56 Å². The van der Waals surface area contributed by atoms with Crippen molar-refractivity contribution in [3.8, 4) is 0 Å². The molecule has 1 saturated carbocycles. The maximum atomic E-state index is 12.1. The fourth-order valence-corrected chi connectivity index (χ4v) is 3.79. The van der Waals surface area contributed by atoms with Gasteiger partial charge < -0.3 is 15.7 Å². The molecule has 0 bridgehead atoms. The van der Waals surface area contributed by atoms with Gasteiger partial charge in [0.15, 0.2) is 0 Å². The number of fused-ring (bicyclic) bond motifs is 1. The summed E-state index contributed by atoms with van der Waals surface area (Å²) in [4.78, 5) is 23.5. The van der Waals surface area contributed by atoms with Gasteiger partial charge in [-0.05, 0) is 42.9 Å². The predicted octanol–water partition coefficient (Wildman–Crippen LogP) is 2.17. The Kier molecular flexibility index (Phi) is 5.51. The lowest BCUT2D eigenvalue weighted by molar-refractivity contribution is -0.122. The van der Waals surface area contributed by atoms with E-state index in [2.05, 4.69) is 16.7 Å². The molecular formula is C19H26N2O3. The Morgan fingerprint density at radius 2 is 2.12 bits per heavy atom. The van der Waals surface area contributed by atoms with Crippen molar-refractivity contribution in [3.05, 3.63) is 29.3 Å². The van der Waals surface area contributed by atoms with Crippen LogP contribution in [0, 0.1) is 5.92 Å². The molecule has 0 aromatic heterocycles. The van der Waals surface area contributed by atoms with Crippen LogP contribution in [-0.4, -0.2) is 29.6 Å². The summed E-state index contributed by atoms with van der Waals surface area (Å²) in [5.41, 5.74) is 3.13. The number of anilines is 1. The van der Waals surface area contributed by atoms with E-state index in [0.29, 0.717) is 12.8 Å². The van der Waals surface area contributed by atoms with Gasteiger partial charge in [-0.2, -0.15) is 0 Å². The third-order valence-electron chi connectivity index (χ3n) is 5.15. The molecule has 5 heteroatoms. The number of hydrogen-bond donors (Lipinski definition) is 3. The molecule has 1 aliphatic carbocycles. The molecule has 1 aliphatic heterocycles. The standard InChI is InChI=1S/C19H26N2O3/c22-12-14-5-1-2-6-16(14)20-18(23)7-3-4-13-8-9-17-15(10-13)11-19(24)21-17/h8-10,14,16,22H,1-7,11-12H2,(H,20,23)(H,21,24). The first-order chi connectivity index (χ1) is 11.7. The zero-order valence-corrected chi connectivity index (χ0v) is 14.0. The van der Waals surface area contributed by atoms with E-state index in [0.717, 1.165) is 49.8 Å². The SMILES string of the molecule is O=C1Cc2cc(CCCC(=O)NC3CCCCC3CO)ccc2N1. The molecule has 3 N–H and O–H groups in total. The molecule has 2 atom stereocenters. The number of nitrogens with one attached hydrogen (secondary N) is 2. The monoisotopic (exact) mass is 330 g/mol. The molecule has 0 radical (unpaired) electrons. The van der Waals surface area contributed by atoms with Crippen LogP contribution >= 0.6 is 0 Å². The molecule has 2 unspecified atom stereocenters. The second kappa shape index (κ2) is 7.79. The minimum Gasteiger partial charge on any atom is -0.396 e. The lowest BCUT2D eigenvalue weighted by Gasteiger charge is -2.30. The normalized spacial score (nSPS) is 22.8. The topological polar surface area (TPSA) is 78.4 Å². The summed E-state index contributed by atoms with van der Waals surface area (Å²) in [6.45, 7) is 0.160. The van der Waals surface area contributed by atoms with Crippen molar-refractivity contribution >= 4 is 17.5 Å². The average molecular weight is 330 g/mol. The Bertz CT molecular complexity index is 615. The summed E-state index contributed by atoms with van der Waals surface area (Å²) < 4.78 is 0. The van der Waals surface area contributed by atoms with Crippen LogP contribution in [-0.2, 0) is 22.4 Å². The predicted molar refractivity (Wildman–Crippen MR) is 92.7 cm³/mol. The van der Waals surface area contributed by atoms with Crippen molar-refractivity contribution in [1.29, 1.82) is 0 Å². The number of aliphatic hydroxyl groups is 1. The van der Waals surface area contributed by atoms with Gasteiger partial charge in [-0.3, -0.25) is 9.59 Å². The summed E-state index contributed by atoms with van der Waals surface area (Å²) in [5, 5.41) is 15.3. The number of aliphatic hydroxyl groups excluding tert-OH is 1. The Hall–Kier alpha value is -1.88. The number of benzene rings is 1. The fourth-order valence-electron chi connectivity index (χ4n) is 3.79. The van der Waals surface area contributed by atoms with Crippen molar-refractivity contribution in [3.63, 3.8) is 0 Å². The smallest absolute Gasteiger partial charge is 0.228 e. The molecule has 5 nitrogen and oxygen atoms in total. The lowest BCUT2D eigenvalue weighted by Crippen LogP contribution is -2.43. The summed E-state index contributed by atoms with van der Waals surface area (Å²) >= 11 is 0. The van der Waals surface area contributed by atoms with Gasteiger partial charge in [0.05, 0.1) is 6.42 Å². The minimum atomic E-state index is 0.0486. The quantitative estimate of drug-likeness (QED) is 0.748. The third kappa shape index (κ3) is 4.15. The van der Waals surface area contributed by atoms with E-state index in [9.17, 15) is 14.7 Å². The highest BCUT2D eigenvalue weighted by atomic mass is 16.3. The van der Waals surface area contributed by atoms with Crippen molar-refractivity contribution < 1.29 is 14.7 Å². The van der Waals surface area contributed by atoms with Crippen molar-refractivity contribution in [2.24, 2.45) is 5.92 Å². The first-order valence-corrected chi connectivity index (χ1v) is 8.97. The van der Waals surface area contributed by atoms with Gasteiger partial charge >= 0.3 is 0 Å². The highest BCUT2D eigenvalue weighted by Gasteiger charge is 2.25. The van der Waals surface area contributed by atoms with Gasteiger partial charge in [0.1, 0.15) is 0 Å². The highest BCUT2D eigenvalue weighted by molar-refractivity contribution is 5.99. The molecule has 1 fully saturated rings. The maximum Gasteiger partial charge on any atom is 0.228 e. The first kappa shape index (κ1) is 17.0. The third-order valence-corrected chi connectivity index (χ3v) is 5.15. The largest absolute Gasteiger partial charge is 0.396 e. The van der Waals surface area contributed by atoms with Crippen molar-refractivity contribution in [1.82, 2.24) is 5.32 Å². The second-order valence-electron chi connectivity index (χ2n) is 6.97. The number of rotatable bonds is 6. The van der Waals surface area contributed by atoms with Gasteiger partial charge in [0.25, 0.3) is 0 Å². The number of hydrogen-bond acceptors (Lipinski definition) is 3. The minimum absolute atomic E-state index is 0.0486. The summed E-state index contributed by atoms with van der Waals surface area (Å²) in [6, 6.07) is 6.16. The number of carbonyl (C=O) groups excluding carboxylic acids is 2. The highest BCUT2D eigenvalue weighted by Crippen LogP contribution is 2.25. The van der Waals surface area contributed by atoms with Crippen molar-refractivity contribution in [2.75, 3.05) is 11.9 Å². The average Bonchev–Trinajstić information content (AvgIpc) is 2.94. The molecule has 0 spiro atoms. The number of carbonyl (C=O) groups is 2. The Labute approximate surface area is 142 Å². The number of aryl methyl sites for hydroxylation is 1. The van der Waals surface area contributed by atoms with Gasteiger partial charge in [-0.1, -0.05) is 25.0 Å². The first-order valence-electron chi connectivity index (χ1n) is 8.97. The molecule has 130 valence electrons. The van der Waals surface area contributed by atoms with Crippen LogP contribution in [0.2, 0.25) is 0 Å². The van der Waals surface area contributed by atoms with Crippen LogP contribution in [0.25, 0.3) is 0 Å². The van der Waals surface area contributed by atoms with Crippen LogP contribution in [0.1, 0.15) is 49.7 Å². The van der Waals surface area contributed by atoms with E-state index in [1.54, 1.807) is 0 Å². The van der Waals surface area contributed by atoms with Gasteiger partial charge in [0, 0.05) is 30.7 Å². The number of amides is 2. The van der Waals surface area contributed by atoms with Crippen LogP contribution in [0.3, 0.4) is 0 Å². The molecule has 3 rings (SSSR count). The fraction of sp³-hybridized carbons (Fsp3) is 0.579. The summed E-state index contributed by atoms with van der Waals surface area (Å²) in [7, 11) is 0. The molecule has 2 aliphatic rings. The molecule has 1 heterocycles. The van der Waals surface area contributed by atoms with Crippen LogP contribution in [0.15, 0.2) is 18.2 Å². The molecule has 1 aromatic carbocycles. The Morgan fingerprint density at radius 3 is 2.96 bits per heavy atom. The zero-order chi connectivity index (χ0) is 16.9. The van der Waals surface area contributed by atoms with Gasteiger partial charge in [-0.25, -0.2) is 0 Å². The summed E-state index contributed by atoms with van der Waals surface area (Å²) in [5.74, 6) is 0.343. The van der Waals surface area contributed by atoms with Crippen LogP contribution in [0.4, 0.5) is 5.69 Å². The van der Waals surface area contributed by atoms with E-state index in [-0.39, 0.29) is 30.4 Å². The van der Waals surface area contributed by atoms with E-state index in [1.807, 2.05) is 12.1 Å². The lowest BCUT2D eigenvalue weighted by atomic mass is 9.85. The van der Waals surface area contributed by atoms with Gasteiger partial charge in [-0.15, -0.1) is 0 Å². The molecule has 0 saturated heterocycles. The Morgan fingerprint density at radius 1 is 1.29 bits per heavy atom. The van der Waals surface area contributed by atoms with Crippen LogP contribution < -0.4 is 10.6 Å². The molecular weight excluding hydrogens is 304 g/mol. The molecule has 24 heavy (non-hydrogen) atoms. The van der Waals surface area contributed by atoms with Gasteiger partial charge in [0.2, 0.25) is 11.8 Å². The zero-order valence-electron chi connectivity index (χ0n) is 14.0. The molecule has 1 aromatic rings. The van der Waals surface area contributed by atoms with Crippen molar-refractivity contribution in [2.45, 2.75) is 57.4 Å². The Balaban J connectivity index is 1.44. The summed E-state index contributed by atoms with van der Waals surface area (Å²) in [6.07, 6.45) is 6.84. The van der Waals surface area contributed by atoms with E-state index >= 15 is 0 Å². The van der Waals surface area contributed by atoms with E-state index in [4.69, 9.17) is 0 Å². The second-order valence-corrected chi connectivity index (χ2v) is 6.97. The van der Waals surface area contributed by atoms with E-state index < -0.39 is 0 Å².